The molecular weight excluding hydrogens is 526 g/mol. The lowest BCUT2D eigenvalue weighted by molar-refractivity contribution is -0.139. The summed E-state index contributed by atoms with van der Waals surface area (Å²) in [5, 5.41) is 4.90. The van der Waals surface area contributed by atoms with Crippen LogP contribution in [0.3, 0.4) is 0 Å². The van der Waals surface area contributed by atoms with Crippen molar-refractivity contribution in [2.24, 2.45) is 7.05 Å². The number of hydrogen-bond donors (Lipinski definition) is 0. The van der Waals surface area contributed by atoms with Gasteiger partial charge in [0, 0.05) is 50.9 Å². The molecule has 40 heavy (non-hydrogen) atoms. The molecule has 4 atom stereocenters. The topological polar surface area (TPSA) is 55.5 Å². The number of aryl methyl sites for hydroxylation is 1. The Hall–Kier alpha value is -2.92. The molecule has 2 aliphatic heterocycles. The largest absolute Gasteiger partial charge is 0.416 e. The van der Waals surface area contributed by atoms with E-state index in [1.807, 2.05) is 24.7 Å². The Kier molecular flexibility index (Phi) is 7.98. The van der Waals surface area contributed by atoms with E-state index in [1.165, 1.54) is 6.07 Å². The molecule has 2 fully saturated rings. The molecular formula is C29H37F4N5O2. The summed E-state index contributed by atoms with van der Waals surface area (Å²) in [6, 6.07) is 3.83. The van der Waals surface area contributed by atoms with Gasteiger partial charge in [-0.25, -0.2) is 9.07 Å². The van der Waals surface area contributed by atoms with Crippen LogP contribution in [-0.2, 0) is 18.0 Å². The number of anilines is 1. The first kappa shape index (κ1) is 28.6. The van der Waals surface area contributed by atoms with Gasteiger partial charge in [-0.15, -0.1) is 0 Å². The van der Waals surface area contributed by atoms with Gasteiger partial charge in [-0.05, 0) is 56.7 Å². The molecule has 2 saturated heterocycles. The Labute approximate surface area is 231 Å². The maximum absolute atomic E-state index is 13.9. The lowest BCUT2D eigenvalue weighted by Crippen LogP contribution is -2.59. The highest BCUT2D eigenvalue weighted by atomic mass is 19.4. The van der Waals surface area contributed by atoms with Crippen molar-refractivity contribution in [3.8, 4) is 0 Å². The second-order valence-electron chi connectivity index (χ2n) is 11.0. The number of nitrogens with zero attached hydrogens (tertiary/aromatic N) is 5. The maximum Gasteiger partial charge on any atom is 0.416 e. The fourth-order valence-electron chi connectivity index (χ4n) is 6.28. The van der Waals surface area contributed by atoms with Crippen LogP contribution in [0, 0.1) is 5.82 Å². The van der Waals surface area contributed by atoms with Crippen molar-refractivity contribution in [2.45, 2.75) is 83.4 Å². The Morgan fingerprint density at radius 3 is 2.50 bits per heavy atom. The second kappa shape index (κ2) is 11.2. The molecule has 218 valence electrons. The van der Waals surface area contributed by atoms with Crippen LogP contribution in [0.15, 0.2) is 35.3 Å². The molecule has 0 radical (unpaired) electrons. The van der Waals surface area contributed by atoms with Gasteiger partial charge in [-0.3, -0.25) is 9.69 Å². The van der Waals surface area contributed by atoms with E-state index in [4.69, 9.17) is 9.84 Å². The third kappa shape index (κ3) is 5.25. The normalized spacial score (nSPS) is 23.6. The van der Waals surface area contributed by atoms with Gasteiger partial charge in [0.25, 0.3) is 5.56 Å². The molecule has 1 aromatic carbocycles. The van der Waals surface area contributed by atoms with Gasteiger partial charge >= 0.3 is 6.18 Å². The number of benzene rings is 1. The number of ether oxygens (including phenoxy) is 1. The standard InChI is InChI=1S/C29H37F4N5O2/c1-5-20-16-37(21(6-2)15-36(20)18(3)22-11-10-19(30)13-23(22)29(31,32)33)24-14-26(39)35(4)25-17-38(34-28(24)25)27-9-7-8-12-40-27/h10-11,13-14,17-18,20-21,27H,5-9,12,15-16H2,1-4H3/t18?,20-,21+,27?/m1/s1. The van der Waals surface area contributed by atoms with Gasteiger partial charge in [0.1, 0.15) is 17.6 Å². The number of hydrogen-bond acceptors (Lipinski definition) is 5. The monoisotopic (exact) mass is 563 g/mol. The van der Waals surface area contributed by atoms with Gasteiger partial charge in [-0.1, -0.05) is 19.9 Å². The minimum atomic E-state index is -4.66. The maximum atomic E-state index is 13.9. The molecule has 7 nitrogen and oxygen atoms in total. The fraction of sp³-hybridized carbons (Fsp3) is 0.586. The summed E-state index contributed by atoms with van der Waals surface area (Å²) < 4.78 is 64.8. The molecule has 0 saturated carbocycles. The summed E-state index contributed by atoms with van der Waals surface area (Å²) in [4.78, 5) is 17.4. The zero-order chi connectivity index (χ0) is 28.8. The van der Waals surface area contributed by atoms with E-state index in [0.717, 1.165) is 43.0 Å². The molecule has 0 amide bonds. The summed E-state index contributed by atoms with van der Waals surface area (Å²) >= 11 is 0. The van der Waals surface area contributed by atoms with E-state index in [-0.39, 0.29) is 29.4 Å². The van der Waals surface area contributed by atoms with E-state index in [0.29, 0.717) is 37.7 Å². The first-order chi connectivity index (χ1) is 19.0. The minimum absolute atomic E-state index is 0.0635. The van der Waals surface area contributed by atoms with E-state index in [1.54, 1.807) is 24.6 Å². The molecule has 0 bridgehead atoms. The minimum Gasteiger partial charge on any atom is -0.364 e. The van der Waals surface area contributed by atoms with E-state index >= 15 is 0 Å². The van der Waals surface area contributed by atoms with Gasteiger partial charge < -0.3 is 14.2 Å². The quantitative estimate of drug-likeness (QED) is 0.343. The highest BCUT2D eigenvalue weighted by molar-refractivity contribution is 5.88. The summed E-state index contributed by atoms with van der Waals surface area (Å²) in [5.41, 5.74) is 1.15. The van der Waals surface area contributed by atoms with Crippen molar-refractivity contribution in [1.29, 1.82) is 0 Å². The van der Waals surface area contributed by atoms with Crippen molar-refractivity contribution < 1.29 is 22.3 Å². The van der Waals surface area contributed by atoms with Gasteiger partial charge in [0.2, 0.25) is 0 Å². The van der Waals surface area contributed by atoms with Gasteiger partial charge in [-0.2, -0.15) is 18.3 Å². The highest BCUT2D eigenvalue weighted by Crippen LogP contribution is 2.40. The first-order valence-corrected chi connectivity index (χ1v) is 14.1. The molecule has 0 spiro atoms. The SMILES string of the molecule is CC[C@H]1CN(C(C)c2ccc(F)cc2C(F)(F)F)[C@H](CC)CN1c1cc(=O)n(C)c2cn(C3CCCCO3)nc12. The molecule has 2 unspecified atom stereocenters. The molecule has 0 N–H and O–H groups in total. The van der Waals surface area contributed by atoms with Crippen LogP contribution in [0.25, 0.3) is 11.0 Å². The van der Waals surface area contributed by atoms with E-state index < -0.39 is 23.6 Å². The third-order valence-corrected chi connectivity index (χ3v) is 8.62. The molecule has 4 heterocycles. The second-order valence-corrected chi connectivity index (χ2v) is 11.0. The number of aromatic nitrogens is 3. The molecule has 3 aromatic rings. The number of halogens is 4. The molecule has 11 heteroatoms. The molecule has 2 aliphatic rings. The third-order valence-electron chi connectivity index (χ3n) is 8.62. The number of pyridine rings is 1. The highest BCUT2D eigenvalue weighted by Gasteiger charge is 2.40. The summed E-state index contributed by atoms with van der Waals surface area (Å²) in [5.74, 6) is -0.903. The Morgan fingerprint density at radius 2 is 1.85 bits per heavy atom. The van der Waals surface area contributed by atoms with Crippen LogP contribution in [0.2, 0.25) is 0 Å². The molecule has 5 rings (SSSR count). The predicted molar refractivity (Wildman–Crippen MR) is 146 cm³/mol. The summed E-state index contributed by atoms with van der Waals surface area (Å²) in [6.45, 7) is 7.51. The zero-order valence-corrected chi connectivity index (χ0v) is 23.4. The van der Waals surface area contributed by atoms with Crippen LogP contribution < -0.4 is 10.5 Å². The molecule has 2 aromatic heterocycles. The number of alkyl halides is 3. The number of piperazine rings is 1. The van der Waals surface area contributed by atoms with Crippen molar-refractivity contribution in [1.82, 2.24) is 19.2 Å². The lowest BCUT2D eigenvalue weighted by atomic mass is 9.94. The average molecular weight is 564 g/mol. The van der Waals surface area contributed by atoms with Gasteiger partial charge in [0.05, 0.1) is 23.0 Å². The molecule has 0 aliphatic carbocycles. The predicted octanol–water partition coefficient (Wildman–Crippen LogP) is 6.03. The van der Waals surface area contributed by atoms with Crippen LogP contribution in [-0.4, -0.2) is 51.0 Å². The van der Waals surface area contributed by atoms with Gasteiger partial charge in [0.15, 0.2) is 0 Å². The number of fused-ring (bicyclic) bond motifs is 1. The van der Waals surface area contributed by atoms with Crippen molar-refractivity contribution >= 4 is 16.7 Å². The summed E-state index contributed by atoms with van der Waals surface area (Å²) in [7, 11) is 1.73. The zero-order valence-electron chi connectivity index (χ0n) is 23.4. The van der Waals surface area contributed by atoms with Crippen LogP contribution in [0.4, 0.5) is 23.2 Å². The Balaban J connectivity index is 1.52. The van der Waals surface area contributed by atoms with Crippen LogP contribution in [0.5, 0.6) is 0 Å². The fourth-order valence-corrected chi connectivity index (χ4v) is 6.28. The lowest BCUT2D eigenvalue weighted by Gasteiger charge is -2.49. The van der Waals surface area contributed by atoms with Crippen molar-refractivity contribution in [3.05, 3.63) is 57.8 Å². The van der Waals surface area contributed by atoms with E-state index in [2.05, 4.69) is 9.80 Å². The average Bonchev–Trinajstić information content (AvgIpc) is 3.40. The Morgan fingerprint density at radius 1 is 1.10 bits per heavy atom. The van der Waals surface area contributed by atoms with Crippen molar-refractivity contribution in [3.63, 3.8) is 0 Å². The van der Waals surface area contributed by atoms with Crippen molar-refractivity contribution in [2.75, 3.05) is 24.6 Å². The Bertz CT molecular complexity index is 1410. The van der Waals surface area contributed by atoms with Crippen LogP contribution >= 0.6 is 0 Å². The van der Waals surface area contributed by atoms with E-state index in [9.17, 15) is 22.4 Å². The smallest absolute Gasteiger partial charge is 0.364 e. The van der Waals surface area contributed by atoms with Crippen LogP contribution in [0.1, 0.15) is 76.3 Å². The summed E-state index contributed by atoms with van der Waals surface area (Å²) in [6.07, 6.45) is 1.38. The number of rotatable bonds is 6. The first-order valence-electron chi connectivity index (χ1n) is 14.1.